The van der Waals surface area contributed by atoms with Gasteiger partial charge in [-0.25, -0.2) is 0 Å². The molecule has 5 heteroatoms. The van der Waals surface area contributed by atoms with Gasteiger partial charge in [-0.15, -0.1) is 11.3 Å². The predicted octanol–water partition coefficient (Wildman–Crippen LogP) is 4.10. The van der Waals surface area contributed by atoms with Crippen molar-refractivity contribution in [2.75, 3.05) is 13.1 Å². The fraction of sp³-hybridized carbons (Fsp3) is 0.462. The summed E-state index contributed by atoms with van der Waals surface area (Å²) in [6.07, 6.45) is 5.08. The van der Waals surface area contributed by atoms with E-state index in [4.69, 9.17) is 23.2 Å². The van der Waals surface area contributed by atoms with Gasteiger partial charge in [0.15, 0.2) is 5.78 Å². The van der Waals surface area contributed by atoms with Crippen LogP contribution in [0, 0.1) is 0 Å². The predicted molar refractivity (Wildman–Crippen MR) is 77.7 cm³/mol. The van der Waals surface area contributed by atoms with Crippen molar-refractivity contribution in [2.45, 2.75) is 24.1 Å². The van der Waals surface area contributed by atoms with Crippen LogP contribution in [0.1, 0.15) is 28.9 Å². The minimum atomic E-state index is -0.646. The highest BCUT2D eigenvalue weighted by atomic mass is 35.5. The molecule has 0 spiro atoms. The van der Waals surface area contributed by atoms with E-state index in [1.54, 1.807) is 6.08 Å². The molecule has 0 radical (unpaired) electrons. The topological polar surface area (TPSA) is 20.3 Å². The molecule has 0 unspecified atom stereocenters. The zero-order valence-electron chi connectivity index (χ0n) is 9.94. The molecule has 0 atom stereocenters. The van der Waals surface area contributed by atoms with E-state index < -0.39 is 4.84 Å². The fourth-order valence-electron chi connectivity index (χ4n) is 2.07. The Kier molecular flexibility index (Phi) is 5.10. The summed E-state index contributed by atoms with van der Waals surface area (Å²) in [6, 6.07) is 3.68. The van der Waals surface area contributed by atoms with Gasteiger partial charge in [0.1, 0.15) is 4.84 Å². The standard InChI is InChI=1S/C13H15Cl2NOS/c14-13(15)10(16-6-2-1-3-7-16)9-11(17)12-5-4-8-18-12/h4-5,8-9,13H,1-3,6-7H2/b10-9+. The third-order valence-electron chi connectivity index (χ3n) is 2.99. The van der Waals surface area contributed by atoms with Crippen LogP contribution in [0.3, 0.4) is 0 Å². The molecule has 0 aliphatic carbocycles. The number of likely N-dealkylation sites (tertiary alicyclic amines) is 1. The molecular formula is C13H15Cl2NOS. The number of carbonyl (C=O) groups is 1. The second-order valence-corrected chi connectivity index (χ2v) is 6.30. The maximum atomic E-state index is 12.1. The van der Waals surface area contributed by atoms with Gasteiger partial charge >= 0.3 is 0 Å². The minimum Gasteiger partial charge on any atom is -0.372 e. The first-order chi connectivity index (χ1) is 8.68. The quantitative estimate of drug-likeness (QED) is 0.474. The lowest BCUT2D eigenvalue weighted by Crippen LogP contribution is -2.32. The summed E-state index contributed by atoms with van der Waals surface area (Å²) in [5.74, 6) is -0.0168. The number of allylic oxidation sites excluding steroid dienone is 2. The maximum Gasteiger partial charge on any atom is 0.197 e. The summed E-state index contributed by atoms with van der Waals surface area (Å²) in [5.41, 5.74) is 0.733. The average molecular weight is 304 g/mol. The van der Waals surface area contributed by atoms with E-state index in [1.165, 1.54) is 17.8 Å². The van der Waals surface area contributed by atoms with E-state index in [-0.39, 0.29) is 5.78 Å². The van der Waals surface area contributed by atoms with Gasteiger partial charge in [0, 0.05) is 19.2 Å². The van der Waals surface area contributed by atoms with Crippen molar-refractivity contribution in [2.24, 2.45) is 0 Å². The molecule has 2 rings (SSSR count). The number of hydrogen-bond acceptors (Lipinski definition) is 3. The van der Waals surface area contributed by atoms with E-state index in [0.29, 0.717) is 0 Å². The number of ketones is 1. The summed E-state index contributed by atoms with van der Waals surface area (Å²) >= 11 is 13.4. The molecule has 0 saturated carbocycles. The molecule has 2 heterocycles. The van der Waals surface area contributed by atoms with E-state index in [2.05, 4.69) is 4.90 Å². The molecule has 0 aromatic carbocycles. The molecule has 98 valence electrons. The second-order valence-electron chi connectivity index (χ2n) is 4.26. The van der Waals surface area contributed by atoms with Crippen molar-refractivity contribution in [1.82, 2.24) is 4.90 Å². The van der Waals surface area contributed by atoms with Gasteiger partial charge in [0.2, 0.25) is 0 Å². The number of piperidine rings is 1. The van der Waals surface area contributed by atoms with Crippen molar-refractivity contribution < 1.29 is 4.79 Å². The first-order valence-corrected chi connectivity index (χ1v) is 7.76. The fourth-order valence-corrected chi connectivity index (χ4v) is 3.11. The third kappa shape index (κ3) is 3.50. The molecule has 1 aromatic heterocycles. The summed E-state index contributed by atoms with van der Waals surface area (Å²) in [5, 5.41) is 1.89. The Morgan fingerprint density at radius 1 is 1.33 bits per heavy atom. The van der Waals surface area contributed by atoms with Crippen molar-refractivity contribution in [3.05, 3.63) is 34.2 Å². The molecule has 1 fully saturated rings. The molecule has 0 amide bonds. The van der Waals surface area contributed by atoms with Gasteiger partial charge in [0.25, 0.3) is 0 Å². The van der Waals surface area contributed by atoms with Gasteiger partial charge in [-0.3, -0.25) is 4.79 Å². The molecule has 0 bridgehead atoms. The minimum absolute atomic E-state index is 0.0168. The number of halogens is 2. The largest absolute Gasteiger partial charge is 0.372 e. The van der Waals surface area contributed by atoms with Gasteiger partial charge in [0.05, 0.1) is 10.6 Å². The zero-order chi connectivity index (χ0) is 13.0. The summed E-state index contributed by atoms with van der Waals surface area (Å²) in [4.78, 5) is 14.3. The van der Waals surface area contributed by atoms with Crippen LogP contribution in [0.25, 0.3) is 0 Å². The highest BCUT2D eigenvalue weighted by Crippen LogP contribution is 2.24. The van der Waals surface area contributed by atoms with Crippen LogP contribution in [-0.2, 0) is 0 Å². The summed E-state index contributed by atoms with van der Waals surface area (Å²) in [7, 11) is 0. The summed E-state index contributed by atoms with van der Waals surface area (Å²) < 4.78 is 0. The van der Waals surface area contributed by atoms with Gasteiger partial charge < -0.3 is 4.90 Å². The van der Waals surface area contributed by atoms with E-state index in [9.17, 15) is 4.79 Å². The summed E-state index contributed by atoms with van der Waals surface area (Å²) in [6.45, 7) is 1.86. The van der Waals surface area contributed by atoms with Crippen molar-refractivity contribution in [3.8, 4) is 0 Å². The Morgan fingerprint density at radius 3 is 2.61 bits per heavy atom. The van der Waals surface area contributed by atoms with Gasteiger partial charge in [-0.2, -0.15) is 0 Å². The Labute approximate surface area is 121 Å². The van der Waals surface area contributed by atoms with Crippen molar-refractivity contribution >= 4 is 40.3 Å². The van der Waals surface area contributed by atoms with Crippen LogP contribution in [-0.4, -0.2) is 28.6 Å². The SMILES string of the molecule is O=C(/C=C(\C(Cl)Cl)N1CCCCC1)c1cccs1. The monoisotopic (exact) mass is 303 g/mol. The lowest BCUT2D eigenvalue weighted by molar-refractivity contribution is 0.104. The number of thiophene rings is 1. The molecule has 18 heavy (non-hydrogen) atoms. The Bertz CT molecular complexity index is 422. The van der Waals surface area contributed by atoms with Crippen molar-refractivity contribution in [3.63, 3.8) is 0 Å². The second kappa shape index (κ2) is 6.60. The number of hydrogen-bond donors (Lipinski definition) is 0. The van der Waals surface area contributed by atoms with Crippen LogP contribution in [0.15, 0.2) is 29.3 Å². The van der Waals surface area contributed by atoms with Crippen LogP contribution in [0.5, 0.6) is 0 Å². The highest BCUT2D eigenvalue weighted by molar-refractivity contribution is 7.12. The van der Waals surface area contributed by atoms with Gasteiger partial charge in [-0.05, 0) is 30.7 Å². The molecular weight excluding hydrogens is 289 g/mol. The Morgan fingerprint density at radius 2 is 2.06 bits per heavy atom. The molecule has 0 N–H and O–H groups in total. The highest BCUT2D eigenvalue weighted by Gasteiger charge is 2.20. The molecule has 1 saturated heterocycles. The molecule has 1 aromatic rings. The Hall–Kier alpha value is -0.510. The van der Waals surface area contributed by atoms with Crippen LogP contribution < -0.4 is 0 Å². The van der Waals surface area contributed by atoms with Crippen molar-refractivity contribution in [1.29, 1.82) is 0 Å². The third-order valence-corrected chi connectivity index (χ3v) is 4.32. The lowest BCUT2D eigenvalue weighted by atomic mass is 10.1. The number of rotatable bonds is 4. The number of carbonyl (C=O) groups excluding carboxylic acids is 1. The maximum absolute atomic E-state index is 12.1. The van der Waals surface area contributed by atoms with E-state index >= 15 is 0 Å². The number of nitrogens with zero attached hydrogens (tertiary/aromatic N) is 1. The van der Waals surface area contributed by atoms with Crippen LogP contribution in [0.2, 0.25) is 0 Å². The van der Waals surface area contributed by atoms with E-state index in [1.807, 2.05) is 17.5 Å². The molecule has 1 aliphatic rings. The normalized spacial score (nSPS) is 17.3. The average Bonchev–Trinajstić information content (AvgIpc) is 2.90. The van der Waals surface area contributed by atoms with Crippen LogP contribution >= 0.6 is 34.5 Å². The smallest absolute Gasteiger partial charge is 0.197 e. The van der Waals surface area contributed by atoms with Crippen LogP contribution in [0.4, 0.5) is 0 Å². The van der Waals surface area contributed by atoms with Gasteiger partial charge in [-0.1, -0.05) is 29.3 Å². The van der Waals surface area contributed by atoms with E-state index in [0.717, 1.165) is 36.5 Å². The number of alkyl halides is 2. The Balaban J connectivity index is 2.16. The lowest BCUT2D eigenvalue weighted by Gasteiger charge is -2.31. The first-order valence-electron chi connectivity index (χ1n) is 6.01. The zero-order valence-corrected chi connectivity index (χ0v) is 12.3. The first kappa shape index (κ1) is 13.9. The molecule has 1 aliphatic heterocycles. The molecule has 2 nitrogen and oxygen atoms in total.